The van der Waals surface area contributed by atoms with E-state index in [4.69, 9.17) is 16.3 Å². The van der Waals surface area contributed by atoms with Crippen molar-refractivity contribution in [2.75, 3.05) is 26.7 Å². The summed E-state index contributed by atoms with van der Waals surface area (Å²) in [5, 5.41) is 4.18. The van der Waals surface area contributed by atoms with Gasteiger partial charge >= 0.3 is 0 Å². The molecule has 1 aromatic rings. The van der Waals surface area contributed by atoms with Crippen molar-refractivity contribution in [3.63, 3.8) is 0 Å². The van der Waals surface area contributed by atoms with Gasteiger partial charge in [0.15, 0.2) is 0 Å². The van der Waals surface area contributed by atoms with E-state index in [-0.39, 0.29) is 12.4 Å². The molecule has 2 fully saturated rings. The Morgan fingerprint density at radius 2 is 1.95 bits per heavy atom. The van der Waals surface area contributed by atoms with Crippen LogP contribution < -0.4 is 10.1 Å². The van der Waals surface area contributed by atoms with Crippen LogP contribution >= 0.6 is 24.0 Å². The summed E-state index contributed by atoms with van der Waals surface area (Å²) in [6.07, 6.45) is 5.07. The number of hydrogen-bond donors (Lipinski definition) is 1. The van der Waals surface area contributed by atoms with Crippen molar-refractivity contribution in [3.8, 4) is 5.75 Å². The first-order valence-electron chi connectivity index (χ1n) is 8.05. The molecule has 3 nitrogen and oxygen atoms in total. The first-order chi connectivity index (χ1) is 10.2. The van der Waals surface area contributed by atoms with E-state index in [0.29, 0.717) is 6.04 Å². The summed E-state index contributed by atoms with van der Waals surface area (Å²) in [6, 6.07) is 6.70. The number of hydrogen-bond acceptors (Lipinski definition) is 3. The minimum absolute atomic E-state index is 0. The van der Waals surface area contributed by atoms with Crippen LogP contribution in [0.1, 0.15) is 31.2 Å². The van der Waals surface area contributed by atoms with Crippen LogP contribution in [0.15, 0.2) is 18.2 Å². The minimum atomic E-state index is 0. The molecule has 22 heavy (non-hydrogen) atoms. The van der Waals surface area contributed by atoms with E-state index < -0.39 is 0 Å². The maximum Gasteiger partial charge on any atom is 0.123 e. The summed E-state index contributed by atoms with van der Waals surface area (Å²) in [4.78, 5) is 2.50. The standard InChI is InChI=1S/C17H25ClN2O.ClH/c1-19-16-6-8-20(9-7-16)11-14-10-15(18)4-5-17(14)21-12-13-2-3-13;/h4-5,10,13,16,19H,2-3,6-9,11-12H2,1H3;1H. The van der Waals surface area contributed by atoms with E-state index in [1.54, 1.807) is 0 Å². The van der Waals surface area contributed by atoms with Crippen molar-refractivity contribution in [1.82, 2.24) is 10.2 Å². The molecule has 1 saturated heterocycles. The molecule has 1 aromatic carbocycles. The molecule has 0 amide bonds. The first-order valence-corrected chi connectivity index (χ1v) is 8.43. The van der Waals surface area contributed by atoms with Gasteiger partial charge in [-0.15, -0.1) is 12.4 Å². The highest BCUT2D eigenvalue weighted by Crippen LogP contribution is 2.31. The van der Waals surface area contributed by atoms with Crippen LogP contribution in [0.3, 0.4) is 0 Å². The van der Waals surface area contributed by atoms with E-state index in [1.165, 1.54) is 31.2 Å². The molecule has 1 heterocycles. The Hall–Kier alpha value is -0.480. The number of piperidine rings is 1. The molecule has 2 aliphatic rings. The quantitative estimate of drug-likeness (QED) is 0.850. The molecule has 3 rings (SSSR count). The second-order valence-electron chi connectivity index (χ2n) is 6.35. The van der Waals surface area contributed by atoms with Crippen LogP contribution in [0.25, 0.3) is 0 Å². The van der Waals surface area contributed by atoms with Crippen LogP contribution in [0.5, 0.6) is 5.75 Å². The zero-order chi connectivity index (χ0) is 14.7. The van der Waals surface area contributed by atoms with Gasteiger partial charge in [-0.3, -0.25) is 4.90 Å². The number of benzene rings is 1. The third-order valence-corrected chi connectivity index (χ3v) is 4.82. The summed E-state index contributed by atoms with van der Waals surface area (Å²) in [5.74, 6) is 1.79. The van der Waals surface area contributed by atoms with Crippen molar-refractivity contribution in [1.29, 1.82) is 0 Å². The normalized spacial score (nSPS) is 19.7. The molecular formula is C17H26Cl2N2O. The van der Waals surface area contributed by atoms with Crippen molar-refractivity contribution in [2.45, 2.75) is 38.3 Å². The van der Waals surface area contributed by atoms with Gasteiger partial charge in [0, 0.05) is 23.2 Å². The Kier molecular flexibility index (Phi) is 6.82. The Balaban J connectivity index is 0.00000176. The number of nitrogens with zero attached hydrogens (tertiary/aromatic N) is 1. The zero-order valence-electron chi connectivity index (χ0n) is 13.2. The van der Waals surface area contributed by atoms with Crippen molar-refractivity contribution >= 4 is 24.0 Å². The fourth-order valence-electron chi connectivity index (χ4n) is 2.93. The first kappa shape index (κ1) is 17.9. The molecular weight excluding hydrogens is 319 g/mol. The van der Waals surface area contributed by atoms with Gasteiger partial charge in [0.25, 0.3) is 0 Å². The van der Waals surface area contributed by atoms with Gasteiger partial charge in [0.2, 0.25) is 0 Å². The molecule has 1 N–H and O–H groups in total. The molecule has 124 valence electrons. The Morgan fingerprint density at radius 1 is 1.23 bits per heavy atom. The lowest BCUT2D eigenvalue weighted by molar-refractivity contribution is 0.191. The van der Waals surface area contributed by atoms with Crippen molar-refractivity contribution in [3.05, 3.63) is 28.8 Å². The fourth-order valence-corrected chi connectivity index (χ4v) is 3.12. The van der Waals surface area contributed by atoms with E-state index in [2.05, 4.69) is 23.3 Å². The number of halogens is 2. The van der Waals surface area contributed by atoms with Crippen molar-refractivity contribution < 1.29 is 4.74 Å². The van der Waals surface area contributed by atoms with Crippen LogP contribution in [-0.4, -0.2) is 37.7 Å². The summed E-state index contributed by atoms with van der Waals surface area (Å²) >= 11 is 6.17. The zero-order valence-corrected chi connectivity index (χ0v) is 14.8. The van der Waals surface area contributed by atoms with Gasteiger partial charge in [-0.1, -0.05) is 11.6 Å². The third kappa shape index (κ3) is 5.02. The lowest BCUT2D eigenvalue weighted by atomic mass is 10.0. The number of rotatable bonds is 6. The minimum Gasteiger partial charge on any atom is -0.493 e. The number of ether oxygens (including phenoxy) is 1. The van der Waals surface area contributed by atoms with Gasteiger partial charge in [-0.05, 0) is 69.9 Å². The highest BCUT2D eigenvalue weighted by atomic mass is 35.5. The summed E-state index contributed by atoms with van der Waals surface area (Å²) in [5.41, 5.74) is 1.23. The average molecular weight is 345 g/mol. The highest BCUT2D eigenvalue weighted by Gasteiger charge is 2.23. The smallest absolute Gasteiger partial charge is 0.123 e. The van der Waals surface area contributed by atoms with Gasteiger partial charge in [0.1, 0.15) is 5.75 Å². The molecule has 0 spiro atoms. The molecule has 1 saturated carbocycles. The maximum absolute atomic E-state index is 6.17. The van der Waals surface area contributed by atoms with Gasteiger partial charge in [-0.25, -0.2) is 0 Å². The SMILES string of the molecule is CNC1CCN(Cc2cc(Cl)ccc2OCC2CC2)CC1.Cl. The van der Waals surface area contributed by atoms with E-state index in [9.17, 15) is 0 Å². The van der Waals surface area contributed by atoms with Crippen LogP contribution in [-0.2, 0) is 6.54 Å². The monoisotopic (exact) mass is 344 g/mol. The largest absolute Gasteiger partial charge is 0.493 e. The van der Waals surface area contributed by atoms with Gasteiger partial charge < -0.3 is 10.1 Å². The predicted molar refractivity (Wildman–Crippen MR) is 94.3 cm³/mol. The molecule has 0 aromatic heterocycles. The number of nitrogens with one attached hydrogen (secondary N) is 1. The molecule has 0 radical (unpaired) electrons. The van der Waals surface area contributed by atoms with Gasteiger partial charge in [0.05, 0.1) is 6.61 Å². The van der Waals surface area contributed by atoms with Crippen LogP contribution in [0, 0.1) is 5.92 Å². The van der Waals surface area contributed by atoms with Crippen LogP contribution in [0.4, 0.5) is 0 Å². The molecule has 0 bridgehead atoms. The summed E-state index contributed by atoms with van der Waals surface area (Å²) < 4.78 is 6.00. The number of likely N-dealkylation sites (tertiary alicyclic amines) is 1. The molecule has 1 aliphatic carbocycles. The lowest BCUT2D eigenvalue weighted by Crippen LogP contribution is -2.40. The molecule has 0 unspecified atom stereocenters. The Labute approximate surface area is 144 Å². The predicted octanol–water partition coefficient (Wildman–Crippen LogP) is 3.73. The summed E-state index contributed by atoms with van der Waals surface area (Å²) in [7, 11) is 2.06. The van der Waals surface area contributed by atoms with E-state index in [0.717, 1.165) is 42.9 Å². The fraction of sp³-hybridized carbons (Fsp3) is 0.647. The molecule has 5 heteroatoms. The lowest BCUT2D eigenvalue weighted by Gasteiger charge is -2.32. The second kappa shape index (κ2) is 8.39. The Morgan fingerprint density at radius 3 is 2.59 bits per heavy atom. The highest BCUT2D eigenvalue weighted by molar-refractivity contribution is 6.30. The molecule has 1 aliphatic heterocycles. The Bertz CT molecular complexity index is 472. The third-order valence-electron chi connectivity index (χ3n) is 4.58. The van der Waals surface area contributed by atoms with Gasteiger partial charge in [-0.2, -0.15) is 0 Å². The topological polar surface area (TPSA) is 24.5 Å². The molecule has 0 atom stereocenters. The summed E-state index contributed by atoms with van der Waals surface area (Å²) in [6.45, 7) is 4.08. The maximum atomic E-state index is 6.17. The second-order valence-corrected chi connectivity index (χ2v) is 6.78. The van der Waals surface area contributed by atoms with Crippen LogP contribution in [0.2, 0.25) is 5.02 Å². The van der Waals surface area contributed by atoms with Crippen molar-refractivity contribution in [2.24, 2.45) is 5.92 Å². The average Bonchev–Trinajstić information content (AvgIpc) is 3.31. The van der Waals surface area contributed by atoms with E-state index >= 15 is 0 Å². The van der Waals surface area contributed by atoms with E-state index in [1.807, 2.05) is 12.1 Å².